The van der Waals surface area contributed by atoms with Gasteiger partial charge < -0.3 is 15.1 Å². The third-order valence-electron chi connectivity index (χ3n) is 5.71. The van der Waals surface area contributed by atoms with Crippen LogP contribution in [0.1, 0.15) is 37.8 Å². The molecule has 0 aliphatic carbocycles. The number of nitrogens with one attached hydrogen (secondary N) is 2. The Morgan fingerprint density at radius 3 is 2.22 bits per heavy atom. The molecule has 2 aromatic rings. The second-order valence-electron chi connectivity index (χ2n) is 7.92. The number of benzene rings is 2. The largest absolute Gasteiger partial charge is 0.360 e. The molecule has 1 saturated heterocycles. The van der Waals surface area contributed by atoms with Gasteiger partial charge in [-0.3, -0.25) is 4.79 Å². The van der Waals surface area contributed by atoms with Crippen molar-refractivity contribution in [1.29, 1.82) is 0 Å². The molecular formula is C23H32N3O+. The van der Waals surface area contributed by atoms with E-state index in [0.29, 0.717) is 5.92 Å². The van der Waals surface area contributed by atoms with Crippen molar-refractivity contribution in [3.05, 3.63) is 59.7 Å². The number of anilines is 2. The highest BCUT2D eigenvalue weighted by atomic mass is 16.2. The average Bonchev–Trinajstić information content (AvgIpc) is 2.68. The fourth-order valence-corrected chi connectivity index (χ4v) is 3.77. The van der Waals surface area contributed by atoms with Gasteiger partial charge in [0.05, 0.1) is 26.2 Å². The number of rotatable bonds is 5. The van der Waals surface area contributed by atoms with Crippen molar-refractivity contribution in [2.75, 3.05) is 36.4 Å². The summed E-state index contributed by atoms with van der Waals surface area (Å²) in [6.45, 7) is 12.5. The first-order valence-electron chi connectivity index (χ1n) is 10.0. The summed E-state index contributed by atoms with van der Waals surface area (Å²) in [6, 6.07) is 16.7. The second-order valence-corrected chi connectivity index (χ2v) is 7.92. The van der Waals surface area contributed by atoms with E-state index in [1.165, 1.54) is 21.7 Å². The summed E-state index contributed by atoms with van der Waals surface area (Å²) in [4.78, 5) is 16.5. The first-order chi connectivity index (χ1) is 13.0. The van der Waals surface area contributed by atoms with Crippen LogP contribution in [0.3, 0.4) is 0 Å². The van der Waals surface area contributed by atoms with E-state index in [-0.39, 0.29) is 11.9 Å². The van der Waals surface area contributed by atoms with Crippen molar-refractivity contribution in [2.45, 2.75) is 39.7 Å². The number of aryl methyl sites for hydroxylation is 1. The lowest BCUT2D eigenvalue weighted by molar-refractivity contribution is -0.914. The van der Waals surface area contributed by atoms with Crippen LogP contribution in [0.15, 0.2) is 48.5 Å². The van der Waals surface area contributed by atoms with E-state index in [0.717, 1.165) is 31.9 Å². The van der Waals surface area contributed by atoms with Crippen LogP contribution in [0.4, 0.5) is 11.4 Å². The van der Waals surface area contributed by atoms with Crippen molar-refractivity contribution in [1.82, 2.24) is 0 Å². The Morgan fingerprint density at radius 1 is 1.00 bits per heavy atom. The summed E-state index contributed by atoms with van der Waals surface area (Å²) in [7, 11) is 0. The fraction of sp³-hybridized carbons (Fsp3) is 0.435. The Bertz CT molecular complexity index is 761. The van der Waals surface area contributed by atoms with Gasteiger partial charge in [0, 0.05) is 11.4 Å². The van der Waals surface area contributed by atoms with E-state index >= 15 is 0 Å². The van der Waals surface area contributed by atoms with E-state index in [9.17, 15) is 4.79 Å². The molecule has 1 heterocycles. The maximum atomic E-state index is 12.7. The van der Waals surface area contributed by atoms with Crippen LogP contribution in [0.2, 0.25) is 0 Å². The number of amides is 1. The van der Waals surface area contributed by atoms with Crippen LogP contribution < -0.4 is 15.1 Å². The van der Waals surface area contributed by atoms with Gasteiger partial charge in [-0.05, 0) is 49.1 Å². The van der Waals surface area contributed by atoms with E-state index in [4.69, 9.17) is 0 Å². The SMILES string of the molecule is Cc1ccccc1N1CC[NH+]([C@H](C)C(=O)Nc2ccc(C(C)C)cc2)CC1. The molecule has 0 bridgehead atoms. The molecule has 1 atom stereocenters. The van der Waals surface area contributed by atoms with Gasteiger partial charge in [0.2, 0.25) is 0 Å². The first-order valence-corrected chi connectivity index (χ1v) is 10.0. The van der Waals surface area contributed by atoms with Gasteiger partial charge in [-0.2, -0.15) is 0 Å². The standard InChI is InChI=1S/C23H31N3O/c1-17(2)20-9-11-21(12-10-20)24-23(27)19(4)25-13-15-26(16-14-25)22-8-6-5-7-18(22)3/h5-12,17,19H,13-16H2,1-4H3,(H,24,27)/p+1/t19-/m1/s1. The summed E-state index contributed by atoms with van der Waals surface area (Å²) in [5.41, 5.74) is 4.81. The van der Waals surface area contributed by atoms with E-state index in [1.807, 2.05) is 19.1 Å². The smallest absolute Gasteiger partial charge is 0.282 e. The van der Waals surface area contributed by atoms with Crippen molar-refractivity contribution in [2.24, 2.45) is 0 Å². The predicted molar refractivity (Wildman–Crippen MR) is 113 cm³/mol. The number of hydrogen-bond acceptors (Lipinski definition) is 2. The molecule has 1 amide bonds. The maximum Gasteiger partial charge on any atom is 0.282 e. The quantitative estimate of drug-likeness (QED) is 0.854. The lowest BCUT2D eigenvalue weighted by Gasteiger charge is -2.36. The molecule has 0 aromatic heterocycles. The van der Waals surface area contributed by atoms with Crippen molar-refractivity contribution >= 4 is 17.3 Å². The van der Waals surface area contributed by atoms with Gasteiger partial charge in [0.25, 0.3) is 5.91 Å². The minimum atomic E-state index is -0.0474. The van der Waals surface area contributed by atoms with Gasteiger partial charge >= 0.3 is 0 Å². The predicted octanol–water partition coefficient (Wildman–Crippen LogP) is 2.85. The molecule has 27 heavy (non-hydrogen) atoms. The average molecular weight is 367 g/mol. The number of hydrogen-bond donors (Lipinski definition) is 2. The summed E-state index contributed by atoms with van der Waals surface area (Å²) >= 11 is 0. The Labute approximate surface area is 163 Å². The molecule has 1 aliphatic heterocycles. The van der Waals surface area contributed by atoms with Crippen molar-refractivity contribution in [3.8, 4) is 0 Å². The van der Waals surface area contributed by atoms with Crippen LogP contribution >= 0.6 is 0 Å². The molecule has 1 fully saturated rings. The van der Waals surface area contributed by atoms with Gasteiger partial charge in [-0.15, -0.1) is 0 Å². The highest BCUT2D eigenvalue weighted by molar-refractivity contribution is 5.93. The number of carbonyl (C=O) groups is 1. The molecule has 2 aromatic carbocycles. The van der Waals surface area contributed by atoms with Crippen LogP contribution in [0, 0.1) is 6.92 Å². The van der Waals surface area contributed by atoms with Crippen LogP contribution in [0.25, 0.3) is 0 Å². The molecule has 0 unspecified atom stereocenters. The number of carbonyl (C=O) groups excluding carboxylic acids is 1. The van der Waals surface area contributed by atoms with Gasteiger partial charge in [-0.1, -0.05) is 44.2 Å². The maximum absolute atomic E-state index is 12.7. The van der Waals surface area contributed by atoms with Crippen LogP contribution in [-0.2, 0) is 4.79 Å². The third-order valence-corrected chi connectivity index (χ3v) is 5.71. The molecule has 0 saturated carbocycles. The number of piperazine rings is 1. The minimum Gasteiger partial charge on any atom is -0.360 e. The summed E-state index contributed by atoms with van der Waals surface area (Å²) < 4.78 is 0. The highest BCUT2D eigenvalue weighted by Crippen LogP contribution is 2.19. The summed E-state index contributed by atoms with van der Waals surface area (Å²) in [5, 5.41) is 3.08. The summed E-state index contributed by atoms with van der Waals surface area (Å²) in [5.74, 6) is 0.606. The van der Waals surface area contributed by atoms with Gasteiger partial charge in [0.1, 0.15) is 0 Å². The number of para-hydroxylation sites is 1. The minimum absolute atomic E-state index is 0.0474. The van der Waals surface area contributed by atoms with E-state index in [2.05, 4.69) is 67.4 Å². The third kappa shape index (κ3) is 4.69. The Morgan fingerprint density at radius 2 is 1.63 bits per heavy atom. The Hall–Kier alpha value is -2.33. The molecule has 2 N–H and O–H groups in total. The molecular weight excluding hydrogens is 334 g/mol. The molecule has 3 rings (SSSR count). The topological polar surface area (TPSA) is 36.8 Å². The number of nitrogens with zero attached hydrogens (tertiary/aromatic N) is 1. The lowest BCUT2D eigenvalue weighted by Crippen LogP contribution is -3.19. The molecule has 1 aliphatic rings. The van der Waals surface area contributed by atoms with E-state index < -0.39 is 0 Å². The van der Waals surface area contributed by atoms with Crippen LogP contribution in [0.5, 0.6) is 0 Å². The molecule has 0 spiro atoms. The molecule has 0 radical (unpaired) electrons. The second kappa shape index (κ2) is 8.57. The summed E-state index contributed by atoms with van der Waals surface area (Å²) in [6.07, 6.45) is 0. The van der Waals surface area contributed by atoms with E-state index in [1.54, 1.807) is 0 Å². The first kappa shape index (κ1) is 19.4. The molecule has 144 valence electrons. The zero-order valence-corrected chi connectivity index (χ0v) is 17.0. The van der Waals surface area contributed by atoms with Gasteiger partial charge in [0.15, 0.2) is 6.04 Å². The molecule has 4 heteroatoms. The van der Waals surface area contributed by atoms with Crippen molar-refractivity contribution < 1.29 is 9.69 Å². The van der Waals surface area contributed by atoms with Gasteiger partial charge in [-0.25, -0.2) is 0 Å². The Balaban J connectivity index is 1.54. The zero-order valence-electron chi connectivity index (χ0n) is 17.0. The highest BCUT2D eigenvalue weighted by Gasteiger charge is 2.29. The monoisotopic (exact) mass is 366 g/mol. The fourth-order valence-electron chi connectivity index (χ4n) is 3.77. The van der Waals surface area contributed by atoms with Crippen LogP contribution in [-0.4, -0.2) is 38.1 Å². The lowest BCUT2D eigenvalue weighted by atomic mass is 10.0. The normalized spacial score (nSPS) is 16.4. The van der Waals surface area contributed by atoms with Crippen molar-refractivity contribution in [3.63, 3.8) is 0 Å². The molecule has 4 nitrogen and oxygen atoms in total. The number of quaternary nitrogens is 1. The zero-order chi connectivity index (χ0) is 19.4. The Kier molecular flexibility index (Phi) is 6.17.